The summed E-state index contributed by atoms with van der Waals surface area (Å²) in [5.41, 5.74) is 4.98. The van der Waals surface area contributed by atoms with E-state index in [2.05, 4.69) is 0 Å². The Balaban J connectivity index is 2.34. The molecule has 0 saturated heterocycles. The normalized spacial score (nSPS) is 12.4. The van der Waals surface area contributed by atoms with Crippen LogP contribution in [0, 0.1) is 5.82 Å². The van der Waals surface area contributed by atoms with E-state index in [1.165, 1.54) is 26.2 Å². The fourth-order valence-electron chi connectivity index (χ4n) is 2.56. The first-order valence-corrected chi connectivity index (χ1v) is 7.69. The number of aromatic nitrogens is 2. The number of carbonyl (C=O) groups excluding carboxylic acids is 1. The summed E-state index contributed by atoms with van der Waals surface area (Å²) in [5.74, 6) is -1.02. The average Bonchev–Trinajstić information content (AvgIpc) is 2.57. The zero-order valence-corrected chi connectivity index (χ0v) is 14.6. The molecular weight excluding hydrogens is 327 g/mol. The third-order valence-electron chi connectivity index (χ3n) is 4.32. The van der Waals surface area contributed by atoms with Crippen molar-refractivity contribution < 1.29 is 9.18 Å². The van der Waals surface area contributed by atoms with Gasteiger partial charge in [0.15, 0.2) is 5.78 Å². The molecule has 2 aromatic rings. The smallest absolute Gasteiger partial charge is 0.332 e. The van der Waals surface area contributed by atoms with Crippen LogP contribution >= 0.6 is 0 Å². The van der Waals surface area contributed by atoms with Crippen LogP contribution in [0.3, 0.4) is 0 Å². The number of carbonyl (C=O) groups is 1. The predicted molar refractivity (Wildman–Crippen MR) is 93.0 cm³/mol. The van der Waals surface area contributed by atoms with Crippen LogP contribution in [0.5, 0.6) is 0 Å². The van der Waals surface area contributed by atoms with Gasteiger partial charge in [-0.2, -0.15) is 0 Å². The van der Waals surface area contributed by atoms with Crippen LogP contribution in [0.4, 0.5) is 10.2 Å². The lowest BCUT2D eigenvalue weighted by Crippen LogP contribution is -2.45. The number of hydrogen-bond acceptors (Lipinski definition) is 5. The van der Waals surface area contributed by atoms with Gasteiger partial charge >= 0.3 is 5.69 Å². The minimum Gasteiger partial charge on any atom is -0.384 e. The lowest BCUT2D eigenvalue weighted by atomic mass is 10.1. The highest BCUT2D eigenvalue weighted by atomic mass is 19.1. The Morgan fingerprint density at radius 2 is 1.92 bits per heavy atom. The molecule has 0 aliphatic heterocycles. The second-order valence-corrected chi connectivity index (χ2v) is 6.05. The van der Waals surface area contributed by atoms with Gasteiger partial charge in [-0.05, 0) is 31.7 Å². The molecule has 0 saturated carbocycles. The monoisotopic (exact) mass is 348 g/mol. The summed E-state index contributed by atoms with van der Waals surface area (Å²) in [7, 11) is 4.38. The predicted octanol–water partition coefficient (Wildman–Crippen LogP) is 0.509. The van der Waals surface area contributed by atoms with Gasteiger partial charge in [-0.25, -0.2) is 9.18 Å². The Bertz CT molecular complexity index is 932. The number of ketones is 1. The minimum atomic E-state index is -0.725. The highest BCUT2D eigenvalue weighted by molar-refractivity contribution is 6.03. The van der Waals surface area contributed by atoms with Crippen LogP contribution in [0.25, 0.3) is 0 Å². The molecule has 0 bridgehead atoms. The van der Waals surface area contributed by atoms with Gasteiger partial charge in [0.1, 0.15) is 17.2 Å². The first kappa shape index (κ1) is 18.6. The molecule has 0 fully saturated rings. The van der Waals surface area contributed by atoms with Gasteiger partial charge in [0, 0.05) is 20.6 Å². The van der Waals surface area contributed by atoms with Gasteiger partial charge in [-0.1, -0.05) is 12.1 Å². The zero-order valence-electron chi connectivity index (χ0n) is 14.6. The van der Waals surface area contributed by atoms with E-state index in [4.69, 9.17) is 5.73 Å². The van der Waals surface area contributed by atoms with Crippen molar-refractivity contribution in [1.82, 2.24) is 14.0 Å². The molecule has 1 aromatic carbocycles. The lowest BCUT2D eigenvalue weighted by Gasteiger charge is -2.24. The molecule has 0 amide bonds. The van der Waals surface area contributed by atoms with Crippen LogP contribution in [0.15, 0.2) is 33.9 Å². The Hall–Kier alpha value is -2.74. The van der Waals surface area contributed by atoms with Gasteiger partial charge in [0.25, 0.3) is 5.56 Å². The van der Waals surface area contributed by atoms with Crippen molar-refractivity contribution in [2.75, 3.05) is 12.8 Å². The Morgan fingerprint density at radius 3 is 2.52 bits per heavy atom. The third kappa shape index (κ3) is 3.53. The van der Waals surface area contributed by atoms with Crippen molar-refractivity contribution in [3.8, 4) is 0 Å². The van der Waals surface area contributed by atoms with Crippen molar-refractivity contribution in [1.29, 1.82) is 0 Å². The molecule has 2 rings (SSSR count). The number of nitrogen functional groups attached to an aromatic ring is 1. The highest BCUT2D eigenvalue weighted by Crippen LogP contribution is 2.13. The largest absolute Gasteiger partial charge is 0.384 e. The molecular formula is C17H21FN4O3. The van der Waals surface area contributed by atoms with Crippen LogP contribution in [0.1, 0.15) is 22.8 Å². The van der Waals surface area contributed by atoms with Gasteiger partial charge < -0.3 is 5.73 Å². The van der Waals surface area contributed by atoms with Crippen LogP contribution in [-0.2, 0) is 20.6 Å². The first-order valence-electron chi connectivity index (χ1n) is 7.69. The number of Topliss-reactive ketones (excluding diaryl/α,β-unsaturated/α-hetero) is 1. The molecule has 0 radical (unpaired) electrons. The van der Waals surface area contributed by atoms with E-state index in [9.17, 15) is 18.8 Å². The van der Waals surface area contributed by atoms with Crippen LogP contribution < -0.4 is 17.0 Å². The van der Waals surface area contributed by atoms with E-state index in [-0.39, 0.29) is 17.2 Å². The molecule has 1 heterocycles. The Labute approximate surface area is 144 Å². The summed E-state index contributed by atoms with van der Waals surface area (Å²) in [6.45, 7) is 1.95. The molecule has 0 unspecified atom stereocenters. The van der Waals surface area contributed by atoms with Crippen molar-refractivity contribution in [2.24, 2.45) is 14.1 Å². The van der Waals surface area contributed by atoms with Crippen LogP contribution in [-0.4, -0.2) is 32.9 Å². The molecule has 0 aliphatic rings. The summed E-state index contributed by atoms with van der Waals surface area (Å²) in [4.78, 5) is 38.6. The van der Waals surface area contributed by atoms with Gasteiger partial charge in [0.2, 0.25) is 0 Å². The van der Waals surface area contributed by atoms with Crippen molar-refractivity contribution in [3.63, 3.8) is 0 Å². The van der Waals surface area contributed by atoms with E-state index in [1.807, 2.05) is 0 Å². The molecule has 1 aromatic heterocycles. The summed E-state index contributed by atoms with van der Waals surface area (Å²) < 4.78 is 15.2. The van der Waals surface area contributed by atoms with Crippen LogP contribution in [0.2, 0.25) is 0 Å². The maximum atomic E-state index is 13.3. The topological polar surface area (TPSA) is 90.3 Å². The molecule has 2 N–H and O–H groups in total. The molecule has 1 atom stereocenters. The quantitative estimate of drug-likeness (QED) is 0.795. The fraction of sp³-hybridized carbons (Fsp3) is 0.353. The van der Waals surface area contributed by atoms with E-state index >= 15 is 0 Å². The molecule has 25 heavy (non-hydrogen) atoms. The number of hydrogen-bond donors (Lipinski definition) is 1. The summed E-state index contributed by atoms with van der Waals surface area (Å²) in [6, 6.07) is 5.37. The van der Waals surface area contributed by atoms with Gasteiger partial charge in [0.05, 0.1) is 6.04 Å². The molecule has 0 spiro atoms. The zero-order chi connectivity index (χ0) is 18.9. The standard InChI is InChI=1S/C17H21FN4O3/c1-10(20(2)9-11-6-5-7-12(18)8-11)14(23)13-15(19)21(3)17(25)22(4)16(13)24/h5-8,10H,9,19H2,1-4H3/t10-/m0/s1. The maximum Gasteiger partial charge on any atom is 0.332 e. The Morgan fingerprint density at radius 1 is 1.28 bits per heavy atom. The number of benzene rings is 1. The number of likely N-dealkylation sites (N-methyl/N-ethyl adjacent to an activating group) is 1. The number of anilines is 1. The SMILES string of the molecule is C[C@@H](C(=O)c1c(N)n(C)c(=O)n(C)c1=O)N(C)Cc1cccc(F)c1. The fourth-order valence-corrected chi connectivity index (χ4v) is 2.56. The van der Waals surface area contributed by atoms with Gasteiger partial charge in [-0.3, -0.25) is 23.6 Å². The first-order chi connectivity index (χ1) is 11.6. The summed E-state index contributed by atoms with van der Waals surface area (Å²) >= 11 is 0. The third-order valence-corrected chi connectivity index (χ3v) is 4.32. The summed E-state index contributed by atoms with van der Waals surface area (Å²) in [5, 5.41) is 0. The van der Waals surface area contributed by atoms with Crippen molar-refractivity contribution in [2.45, 2.75) is 19.5 Å². The van der Waals surface area contributed by atoms with Crippen molar-refractivity contribution in [3.05, 3.63) is 62.0 Å². The van der Waals surface area contributed by atoms with Crippen molar-refractivity contribution >= 4 is 11.6 Å². The molecule has 134 valence electrons. The Kier molecular flexibility index (Phi) is 5.22. The number of nitrogens with zero attached hydrogens (tertiary/aromatic N) is 3. The highest BCUT2D eigenvalue weighted by Gasteiger charge is 2.27. The maximum absolute atomic E-state index is 13.3. The van der Waals surface area contributed by atoms with E-state index in [0.717, 1.165) is 9.13 Å². The molecule has 7 nitrogen and oxygen atoms in total. The average molecular weight is 348 g/mol. The minimum absolute atomic E-state index is 0.163. The number of rotatable bonds is 5. The van der Waals surface area contributed by atoms with E-state index in [1.54, 1.807) is 31.0 Å². The second kappa shape index (κ2) is 7.02. The van der Waals surface area contributed by atoms with E-state index in [0.29, 0.717) is 12.1 Å². The molecule has 8 heteroatoms. The lowest BCUT2D eigenvalue weighted by molar-refractivity contribution is 0.0860. The molecule has 0 aliphatic carbocycles. The second-order valence-electron chi connectivity index (χ2n) is 6.05. The van der Waals surface area contributed by atoms with E-state index < -0.39 is 23.1 Å². The number of halogens is 1. The van der Waals surface area contributed by atoms with Gasteiger partial charge in [-0.15, -0.1) is 0 Å². The summed E-state index contributed by atoms with van der Waals surface area (Å²) in [6.07, 6.45) is 0. The number of nitrogens with two attached hydrogens (primary N) is 1.